The summed E-state index contributed by atoms with van der Waals surface area (Å²) >= 11 is -2.69. The summed E-state index contributed by atoms with van der Waals surface area (Å²) < 4.78 is 93.4. The maximum absolute atomic E-state index is 14.5. The van der Waals surface area contributed by atoms with E-state index in [1.165, 1.54) is 40.3 Å². The van der Waals surface area contributed by atoms with Gasteiger partial charge in [0.1, 0.15) is 29.6 Å². The highest BCUT2D eigenvalue weighted by Gasteiger charge is 2.33. The van der Waals surface area contributed by atoms with Gasteiger partial charge >= 0.3 is 6.18 Å². The molecule has 1 N–H and O–H groups in total. The van der Waals surface area contributed by atoms with Crippen molar-refractivity contribution in [2.75, 3.05) is 25.6 Å². The maximum Gasteiger partial charge on any atom is 0.433 e. The zero-order valence-electron chi connectivity index (χ0n) is 21.9. The number of nitrogens with one attached hydrogen (secondary N) is 1. The molecule has 0 aliphatic heterocycles. The zero-order chi connectivity index (χ0) is 29.6. The lowest BCUT2D eigenvalue weighted by atomic mass is 9.99. The highest BCUT2D eigenvalue weighted by Crippen LogP contribution is 2.31. The van der Waals surface area contributed by atoms with Gasteiger partial charge in [0.15, 0.2) is 0 Å². The summed E-state index contributed by atoms with van der Waals surface area (Å²) in [4.78, 5) is 16.4. The summed E-state index contributed by atoms with van der Waals surface area (Å²) in [5.74, 6) is -1.71. The molecule has 0 saturated carbocycles. The number of carbonyl (C=O) groups is 1. The Morgan fingerprint density at radius 1 is 1.10 bits per heavy atom. The number of ether oxygens (including phenoxy) is 3. The van der Waals surface area contributed by atoms with Crippen LogP contribution >= 0.6 is 0 Å². The number of amides is 1. The Kier molecular flexibility index (Phi) is 9.93. The highest BCUT2D eigenvalue weighted by molar-refractivity contribution is 7.80. The molecule has 3 aromatic rings. The van der Waals surface area contributed by atoms with Crippen molar-refractivity contribution in [3.63, 3.8) is 0 Å². The van der Waals surface area contributed by atoms with Gasteiger partial charge in [0.05, 0.1) is 25.8 Å². The molecule has 0 aliphatic carbocycles. The second-order valence-electron chi connectivity index (χ2n) is 8.53. The van der Waals surface area contributed by atoms with Gasteiger partial charge in [-0.3, -0.25) is 9.00 Å². The molecule has 0 bridgehead atoms. The van der Waals surface area contributed by atoms with E-state index >= 15 is 0 Å². The van der Waals surface area contributed by atoms with Crippen LogP contribution < -0.4 is 23.8 Å². The van der Waals surface area contributed by atoms with Gasteiger partial charge in [-0.1, -0.05) is 6.07 Å². The minimum absolute atomic E-state index is 0.171. The molecule has 1 amide bonds. The first kappa shape index (κ1) is 30.6. The number of alkyl halides is 3. The number of anilines is 1. The summed E-state index contributed by atoms with van der Waals surface area (Å²) in [6.45, 7) is 1.09. The Hall–Kier alpha value is -3.91. The first-order valence-corrected chi connectivity index (χ1v) is 12.7. The first-order chi connectivity index (χ1) is 18.8. The molecule has 14 heteroatoms. The van der Waals surface area contributed by atoms with Crippen molar-refractivity contribution in [1.82, 2.24) is 10.3 Å². The normalized spacial score (nSPS) is 12.8. The predicted molar refractivity (Wildman–Crippen MR) is 137 cm³/mol. The molecule has 2 unspecified atom stereocenters. The number of hydrogen-bond acceptors (Lipinski definition) is 7. The third-order valence-electron chi connectivity index (χ3n) is 5.90. The molecule has 0 fully saturated rings. The van der Waals surface area contributed by atoms with E-state index in [4.69, 9.17) is 14.2 Å². The van der Waals surface area contributed by atoms with Crippen LogP contribution in [0.3, 0.4) is 0 Å². The number of aromatic nitrogens is 1. The quantitative estimate of drug-likeness (QED) is 0.261. The number of hydrogen-bond donors (Lipinski definition) is 1. The molecule has 0 aliphatic rings. The molecule has 2 atom stereocenters. The van der Waals surface area contributed by atoms with Crippen molar-refractivity contribution >= 4 is 22.9 Å². The van der Waals surface area contributed by atoms with Crippen molar-refractivity contribution in [1.29, 1.82) is 0 Å². The van der Waals surface area contributed by atoms with Crippen LogP contribution in [-0.4, -0.2) is 40.9 Å². The fraction of sp³-hybridized carbons (Fsp3) is 0.308. The number of carbonyl (C=O) groups excluding carboxylic acids is 1. The van der Waals surface area contributed by atoms with Crippen LogP contribution in [0.1, 0.15) is 35.2 Å². The van der Waals surface area contributed by atoms with Crippen LogP contribution in [0.4, 0.5) is 23.2 Å². The Morgan fingerprint density at radius 2 is 1.75 bits per heavy atom. The minimum Gasteiger partial charge on any atom is -0.755 e. The third-order valence-corrected chi connectivity index (χ3v) is 6.54. The molecule has 216 valence electrons. The lowest BCUT2D eigenvalue weighted by Gasteiger charge is -2.22. The third kappa shape index (κ3) is 7.60. The minimum atomic E-state index is -4.73. The second-order valence-corrected chi connectivity index (χ2v) is 9.51. The molecule has 3 rings (SSSR count). The van der Waals surface area contributed by atoms with E-state index < -0.39 is 40.8 Å². The molecule has 2 aromatic carbocycles. The van der Waals surface area contributed by atoms with Gasteiger partial charge in [-0.15, -0.1) is 0 Å². The van der Waals surface area contributed by atoms with Crippen LogP contribution in [0.15, 0.2) is 48.5 Å². The van der Waals surface area contributed by atoms with Crippen LogP contribution in [-0.2, 0) is 35.4 Å². The van der Waals surface area contributed by atoms with Crippen molar-refractivity contribution < 1.29 is 45.3 Å². The molecule has 0 radical (unpaired) electrons. The Morgan fingerprint density at radius 3 is 2.30 bits per heavy atom. The predicted octanol–water partition coefficient (Wildman–Crippen LogP) is 4.49. The van der Waals surface area contributed by atoms with Gasteiger partial charge in [0, 0.05) is 36.5 Å². The molecular formula is C26H26F4N3O6S-. The smallest absolute Gasteiger partial charge is 0.433 e. The highest BCUT2D eigenvalue weighted by atomic mass is 32.2. The Balaban J connectivity index is 1.78. The van der Waals surface area contributed by atoms with Crippen molar-refractivity contribution in [2.24, 2.45) is 0 Å². The number of nitrogens with zero attached hydrogens (tertiary/aromatic N) is 2. The van der Waals surface area contributed by atoms with Crippen LogP contribution in [0, 0.1) is 5.82 Å². The molecule has 1 aromatic heterocycles. The summed E-state index contributed by atoms with van der Waals surface area (Å²) in [6, 6.07) is 10.5. The van der Waals surface area contributed by atoms with Gasteiger partial charge in [0.25, 0.3) is 0 Å². The van der Waals surface area contributed by atoms with E-state index in [0.717, 1.165) is 18.2 Å². The van der Waals surface area contributed by atoms with Crippen molar-refractivity contribution in [3.05, 3.63) is 76.7 Å². The van der Waals surface area contributed by atoms with Crippen LogP contribution in [0.2, 0.25) is 0 Å². The summed E-state index contributed by atoms with van der Waals surface area (Å²) in [7, 11) is 4.07. The number of benzene rings is 2. The molecule has 0 spiro atoms. The average Bonchev–Trinajstić information content (AvgIpc) is 2.93. The van der Waals surface area contributed by atoms with E-state index in [-0.39, 0.29) is 35.8 Å². The van der Waals surface area contributed by atoms with Crippen molar-refractivity contribution in [3.8, 4) is 17.4 Å². The van der Waals surface area contributed by atoms with E-state index in [9.17, 15) is 31.1 Å². The summed E-state index contributed by atoms with van der Waals surface area (Å²) in [6.07, 6.45) is -4.73. The van der Waals surface area contributed by atoms with E-state index in [1.807, 2.05) is 0 Å². The molecule has 0 saturated heterocycles. The first-order valence-electron chi connectivity index (χ1n) is 11.7. The number of rotatable bonds is 11. The molecular weight excluding hydrogens is 558 g/mol. The maximum atomic E-state index is 14.5. The topological polar surface area (TPSA) is 113 Å². The monoisotopic (exact) mass is 584 g/mol. The van der Waals surface area contributed by atoms with Crippen LogP contribution in [0.25, 0.3) is 0 Å². The second kappa shape index (κ2) is 13.0. The van der Waals surface area contributed by atoms with Gasteiger partial charge in [0.2, 0.25) is 11.8 Å². The standard InChI is InChI=1S/C26H27F4N3O6S/c1-15(17-5-7-22(21(27)11-17)33(2)40(35)36)24(34)31-13-18-6-8-23(26(28,29)30)32-25(18)39-14-16-9-19(37-3)12-20(10-16)38-4/h5-12,15H,13-14H2,1-4H3,(H,31,34)(H,35,36)/p-1. The Bertz CT molecular complexity index is 1370. The van der Waals surface area contributed by atoms with Gasteiger partial charge in [-0.2, -0.15) is 13.2 Å². The van der Waals surface area contributed by atoms with Crippen LogP contribution in [0.5, 0.6) is 17.4 Å². The van der Waals surface area contributed by atoms with E-state index in [2.05, 4.69) is 10.3 Å². The molecule has 40 heavy (non-hydrogen) atoms. The van der Waals surface area contributed by atoms with Gasteiger partial charge < -0.3 is 28.4 Å². The van der Waals surface area contributed by atoms with E-state index in [1.54, 1.807) is 18.2 Å². The van der Waals surface area contributed by atoms with Gasteiger partial charge in [-0.25, -0.2) is 9.37 Å². The lowest BCUT2D eigenvalue weighted by Crippen LogP contribution is -2.28. The SMILES string of the molecule is COc1cc(COc2nc(C(F)(F)F)ccc2CNC(=O)C(C)c2ccc(N(C)S(=O)[O-])c(F)c2)cc(OC)c1. The lowest BCUT2D eigenvalue weighted by molar-refractivity contribution is -0.141. The summed E-state index contributed by atoms with van der Waals surface area (Å²) in [5.41, 5.74) is -0.400. The fourth-order valence-electron chi connectivity index (χ4n) is 3.60. The molecule has 1 heterocycles. The average molecular weight is 585 g/mol. The molecule has 9 nitrogen and oxygen atoms in total. The fourth-order valence-corrected chi connectivity index (χ4v) is 3.91. The number of pyridine rings is 1. The number of halogens is 4. The Labute approximate surface area is 230 Å². The van der Waals surface area contributed by atoms with Crippen molar-refractivity contribution in [2.45, 2.75) is 32.2 Å². The number of methoxy groups -OCH3 is 2. The van der Waals surface area contributed by atoms with E-state index in [0.29, 0.717) is 21.4 Å². The summed E-state index contributed by atoms with van der Waals surface area (Å²) in [5, 5.41) is 2.59. The van der Waals surface area contributed by atoms with Gasteiger partial charge in [-0.05, 0) is 54.4 Å². The largest absolute Gasteiger partial charge is 0.755 e. The zero-order valence-corrected chi connectivity index (χ0v) is 22.7.